The van der Waals surface area contributed by atoms with Gasteiger partial charge in [-0.25, -0.2) is 9.37 Å². The van der Waals surface area contributed by atoms with E-state index in [9.17, 15) is 14.0 Å². The highest BCUT2D eigenvalue weighted by molar-refractivity contribution is 5.81. The van der Waals surface area contributed by atoms with Gasteiger partial charge in [-0.2, -0.15) is 0 Å². The molecule has 0 spiro atoms. The summed E-state index contributed by atoms with van der Waals surface area (Å²) in [5.41, 5.74) is 0.959. The van der Waals surface area contributed by atoms with Gasteiger partial charge in [-0.05, 0) is 37.6 Å². The maximum Gasteiger partial charge on any atom is 0.263 e. The van der Waals surface area contributed by atoms with E-state index < -0.39 is 11.9 Å². The van der Waals surface area contributed by atoms with Crippen molar-refractivity contribution in [2.24, 2.45) is 0 Å². The van der Waals surface area contributed by atoms with Crippen LogP contribution < -0.4 is 10.3 Å². The highest BCUT2D eigenvalue weighted by Gasteiger charge is 2.32. The van der Waals surface area contributed by atoms with Gasteiger partial charge in [0.2, 0.25) is 0 Å². The Labute approximate surface area is 172 Å². The van der Waals surface area contributed by atoms with E-state index in [0.29, 0.717) is 42.5 Å². The molecule has 0 bridgehead atoms. The van der Waals surface area contributed by atoms with E-state index in [1.807, 2.05) is 6.07 Å². The van der Waals surface area contributed by atoms with Crippen molar-refractivity contribution in [1.29, 1.82) is 0 Å². The molecule has 0 radical (unpaired) electrons. The van der Waals surface area contributed by atoms with Crippen molar-refractivity contribution in [2.45, 2.75) is 25.4 Å². The summed E-state index contributed by atoms with van der Waals surface area (Å²) >= 11 is 0. The molecule has 1 aromatic carbocycles. The summed E-state index contributed by atoms with van der Waals surface area (Å²) in [5.74, 6) is 0.0580. The van der Waals surface area contributed by atoms with E-state index in [1.165, 1.54) is 24.3 Å². The van der Waals surface area contributed by atoms with Crippen LogP contribution in [0, 0.1) is 5.82 Å². The number of ether oxygens (including phenoxy) is 1. The Hall–Kier alpha value is -3.55. The molecule has 1 amide bonds. The molecule has 1 aliphatic rings. The molecule has 30 heavy (non-hydrogen) atoms. The molecule has 1 fully saturated rings. The van der Waals surface area contributed by atoms with Crippen LogP contribution >= 0.6 is 0 Å². The molecule has 8 heteroatoms. The lowest BCUT2D eigenvalue weighted by Crippen LogP contribution is -2.39. The predicted octanol–water partition coefficient (Wildman–Crippen LogP) is 2.75. The molecule has 2 aromatic heterocycles. The van der Waals surface area contributed by atoms with Crippen molar-refractivity contribution < 1.29 is 13.9 Å². The molecule has 2 atom stereocenters. The quantitative estimate of drug-likeness (QED) is 0.701. The Bertz CT molecular complexity index is 1100. The van der Waals surface area contributed by atoms with E-state index in [4.69, 9.17) is 4.74 Å². The fourth-order valence-electron chi connectivity index (χ4n) is 3.56. The minimum Gasteiger partial charge on any atom is -0.481 e. The number of aromatic amines is 1. The zero-order chi connectivity index (χ0) is 21.1. The van der Waals surface area contributed by atoms with E-state index in [2.05, 4.69) is 15.0 Å². The van der Waals surface area contributed by atoms with Gasteiger partial charge in [-0.3, -0.25) is 14.6 Å². The molecule has 4 rings (SSSR count). The topological polar surface area (TPSA) is 88.2 Å². The first-order chi connectivity index (χ1) is 14.5. The van der Waals surface area contributed by atoms with Gasteiger partial charge < -0.3 is 14.6 Å². The molecular formula is C22H21FN4O3. The Morgan fingerprint density at radius 3 is 2.90 bits per heavy atom. The third-order valence-corrected chi connectivity index (χ3v) is 5.04. The number of rotatable bonds is 5. The van der Waals surface area contributed by atoms with Gasteiger partial charge in [0, 0.05) is 37.3 Å². The number of benzene rings is 1. The second kappa shape index (κ2) is 8.44. The lowest BCUT2D eigenvalue weighted by atomic mass is 10.0. The first kappa shape index (κ1) is 19.8. The predicted molar refractivity (Wildman–Crippen MR) is 109 cm³/mol. The summed E-state index contributed by atoms with van der Waals surface area (Å²) in [6.07, 6.45) is 1.58. The molecule has 0 saturated carbocycles. The standard InChI is InChI=1S/C22H21FN4O3/c1-14(30-17-6-4-5-16(23)11-17)22(29)27-10-8-15(13-27)19-12-20(28)26-21(25-19)18-7-2-3-9-24-18/h2-7,9,11-12,14-15H,8,10,13H2,1H3,(H,25,26,28)/t14-,15-/m1/s1. The van der Waals surface area contributed by atoms with Crippen molar-refractivity contribution in [1.82, 2.24) is 19.9 Å². The highest BCUT2D eigenvalue weighted by atomic mass is 19.1. The summed E-state index contributed by atoms with van der Waals surface area (Å²) in [6.45, 7) is 2.62. The van der Waals surface area contributed by atoms with Crippen LogP contribution in [0.2, 0.25) is 0 Å². The summed E-state index contributed by atoms with van der Waals surface area (Å²) in [4.78, 5) is 38.1. The maximum absolute atomic E-state index is 13.3. The molecule has 0 aliphatic carbocycles. The summed E-state index contributed by atoms with van der Waals surface area (Å²) < 4.78 is 18.9. The number of carbonyl (C=O) groups excluding carboxylic acids is 1. The van der Waals surface area contributed by atoms with Crippen LogP contribution in [0.15, 0.2) is 59.5 Å². The van der Waals surface area contributed by atoms with E-state index in [0.717, 1.165) is 0 Å². The zero-order valence-corrected chi connectivity index (χ0v) is 16.4. The lowest BCUT2D eigenvalue weighted by molar-refractivity contribution is -0.136. The minimum atomic E-state index is -0.748. The van der Waals surface area contributed by atoms with Crippen LogP contribution in [0.1, 0.15) is 25.0 Å². The first-order valence-electron chi connectivity index (χ1n) is 9.73. The summed E-state index contributed by atoms with van der Waals surface area (Å²) in [6, 6.07) is 12.6. The van der Waals surface area contributed by atoms with Gasteiger partial charge in [0.1, 0.15) is 17.3 Å². The zero-order valence-electron chi connectivity index (χ0n) is 16.4. The van der Waals surface area contributed by atoms with Gasteiger partial charge in [0.25, 0.3) is 11.5 Å². The van der Waals surface area contributed by atoms with Crippen LogP contribution in [0.3, 0.4) is 0 Å². The molecule has 0 unspecified atom stereocenters. The largest absolute Gasteiger partial charge is 0.481 e. The Balaban J connectivity index is 1.46. The second-order valence-electron chi connectivity index (χ2n) is 7.22. The third-order valence-electron chi connectivity index (χ3n) is 5.04. The highest BCUT2D eigenvalue weighted by Crippen LogP contribution is 2.27. The summed E-state index contributed by atoms with van der Waals surface area (Å²) in [7, 11) is 0. The fraction of sp³-hybridized carbons (Fsp3) is 0.273. The molecule has 7 nitrogen and oxygen atoms in total. The Morgan fingerprint density at radius 1 is 1.27 bits per heavy atom. The van der Waals surface area contributed by atoms with Crippen molar-refractivity contribution in [3.05, 3.63) is 76.6 Å². The fourth-order valence-corrected chi connectivity index (χ4v) is 3.56. The normalized spacial score (nSPS) is 17.0. The molecular weight excluding hydrogens is 387 g/mol. The SMILES string of the molecule is C[C@@H](Oc1cccc(F)c1)C(=O)N1CC[C@@H](c2cc(=O)[nH]c(-c3ccccn3)n2)C1. The monoisotopic (exact) mass is 408 g/mol. The number of nitrogens with zero attached hydrogens (tertiary/aromatic N) is 3. The first-order valence-corrected chi connectivity index (χ1v) is 9.73. The number of H-pyrrole nitrogens is 1. The molecule has 3 aromatic rings. The third kappa shape index (κ3) is 4.37. The van der Waals surface area contributed by atoms with Crippen molar-refractivity contribution >= 4 is 5.91 Å². The molecule has 154 valence electrons. The van der Waals surface area contributed by atoms with Crippen LogP contribution in [-0.2, 0) is 4.79 Å². The number of nitrogens with one attached hydrogen (secondary N) is 1. The van der Waals surface area contributed by atoms with Gasteiger partial charge >= 0.3 is 0 Å². The average Bonchev–Trinajstić information content (AvgIpc) is 3.24. The molecule has 1 saturated heterocycles. The molecule has 3 heterocycles. The average molecular weight is 408 g/mol. The van der Waals surface area contributed by atoms with Crippen molar-refractivity contribution in [2.75, 3.05) is 13.1 Å². The van der Waals surface area contributed by atoms with Gasteiger partial charge in [-0.15, -0.1) is 0 Å². The van der Waals surface area contributed by atoms with E-state index in [-0.39, 0.29) is 17.4 Å². The Kier molecular flexibility index (Phi) is 5.56. The second-order valence-corrected chi connectivity index (χ2v) is 7.22. The van der Waals surface area contributed by atoms with Crippen LogP contribution in [0.25, 0.3) is 11.5 Å². The van der Waals surface area contributed by atoms with Crippen LogP contribution in [-0.4, -0.2) is 45.0 Å². The lowest BCUT2D eigenvalue weighted by Gasteiger charge is -2.22. The molecule has 1 N–H and O–H groups in total. The summed E-state index contributed by atoms with van der Waals surface area (Å²) in [5, 5.41) is 0. The van der Waals surface area contributed by atoms with Crippen LogP contribution in [0.4, 0.5) is 4.39 Å². The van der Waals surface area contributed by atoms with Gasteiger partial charge in [0.15, 0.2) is 11.9 Å². The number of halogens is 1. The number of likely N-dealkylation sites (tertiary alicyclic amines) is 1. The van der Waals surface area contributed by atoms with Crippen molar-refractivity contribution in [3.63, 3.8) is 0 Å². The minimum absolute atomic E-state index is 0.0555. The maximum atomic E-state index is 13.3. The van der Waals surface area contributed by atoms with Gasteiger partial charge in [0.05, 0.1) is 5.69 Å². The van der Waals surface area contributed by atoms with Crippen molar-refractivity contribution in [3.8, 4) is 17.3 Å². The smallest absolute Gasteiger partial charge is 0.263 e. The van der Waals surface area contributed by atoms with Gasteiger partial charge in [-0.1, -0.05) is 12.1 Å². The number of hydrogen-bond acceptors (Lipinski definition) is 5. The number of hydrogen-bond donors (Lipinski definition) is 1. The number of carbonyl (C=O) groups is 1. The van der Waals surface area contributed by atoms with E-state index >= 15 is 0 Å². The number of amides is 1. The van der Waals surface area contributed by atoms with Crippen LogP contribution in [0.5, 0.6) is 5.75 Å². The number of pyridine rings is 1. The molecule has 1 aliphatic heterocycles. The van der Waals surface area contributed by atoms with E-state index in [1.54, 1.807) is 36.2 Å². The Morgan fingerprint density at radius 2 is 2.13 bits per heavy atom. The number of aromatic nitrogens is 3.